The van der Waals surface area contributed by atoms with Crippen LogP contribution in [0.2, 0.25) is 0 Å². The van der Waals surface area contributed by atoms with E-state index in [0.29, 0.717) is 23.7 Å². The summed E-state index contributed by atoms with van der Waals surface area (Å²) < 4.78 is 0. The molecule has 10 rings (SSSR count). The molecule has 6 aliphatic rings. The zero-order chi connectivity index (χ0) is 50.0. The highest BCUT2D eigenvalue weighted by Crippen LogP contribution is 2.64. The minimum absolute atomic E-state index is 0.348. The SMILES string of the molecule is CCCCCCCCCCCc1cc2c(cc1CCCCCCCCCCC)[C@@H]1c3ccccc3[C@H]2[C@@H]2c3ccccc3[C@H]1c1cc(CCCCCCCCCCC)c(CCCCCCCCCCC)cc12. The van der Waals surface area contributed by atoms with Gasteiger partial charge in [-0.15, -0.1) is 0 Å². The Morgan fingerprint density at radius 3 is 0.556 bits per heavy atom. The summed E-state index contributed by atoms with van der Waals surface area (Å²) >= 11 is 0. The largest absolute Gasteiger partial charge is 0.0654 e. The van der Waals surface area contributed by atoms with E-state index < -0.39 is 0 Å². The highest BCUT2D eigenvalue weighted by molar-refractivity contribution is 5.69. The molecule has 396 valence electrons. The summed E-state index contributed by atoms with van der Waals surface area (Å²) in [6, 6.07) is 31.2. The molecule has 0 spiro atoms. The molecule has 4 bridgehead atoms. The van der Waals surface area contributed by atoms with Crippen molar-refractivity contribution in [3.63, 3.8) is 0 Å². The molecule has 0 amide bonds. The molecule has 0 saturated carbocycles. The Kier molecular flexibility index (Phi) is 25.4. The van der Waals surface area contributed by atoms with Crippen LogP contribution in [0.5, 0.6) is 0 Å². The smallest absolute Gasteiger partial charge is 0.0205 e. The van der Waals surface area contributed by atoms with E-state index in [1.807, 2.05) is 0 Å². The molecule has 0 saturated heterocycles. The fraction of sp³-hybridized carbons (Fsp3) is 0.667. The van der Waals surface area contributed by atoms with Crippen molar-refractivity contribution in [2.45, 2.75) is 308 Å². The molecule has 0 aliphatic heterocycles. The molecule has 72 heavy (non-hydrogen) atoms. The summed E-state index contributed by atoms with van der Waals surface area (Å²) in [6.45, 7) is 9.35. The molecular formula is C72H108. The van der Waals surface area contributed by atoms with Crippen LogP contribution in [0.25, 0.3) is 0 Å². The second-order valence-electron chi connectivity index (χ2n) is 24.0. The molecule has 4 atom stereocenters. The molecule has 0 fully saturated rings. The minimum atomic E-state index is 0.348. The lowest BCUT2D eigenvalue weighted by Gasteiger charge is -2.50. The lowest BCUT2D eigenvalue weighted by atomic mass is 9.52. The van der Waals surface area contributed by atoms with Crippen LogP contribution in [0, 0.1) is 0 Å². The first-order chi connectivity index (χ1) is 35.7. The maximum atomic E-state index is 2.85. The number of unbranched alkanes of at least 4 members (excludes halogenated alkanes) is 32. The predicted molar refractivity (Wildman–Crippen MR) is 317 cm³/mol. The number of hydrogen-bond acceptors (Lipinski definition) is 0. The maximum Gasteiger partial charge on any atom is 0.0205 e. The van der Waals surface area contributed by atoms with Crippen molar-refractivity contribution in [3.8, 4) is 0 Å². The minimum Gasteiger partial charge on any atom is -0.0654 e. The van der Waals surface area contributed by atoms with Crippen LogP contribution >= 0.6 is 0 Å². The van der Waals surface area contributed by atoms with Crippen LogP contribution in [0.15, 0.2) is 72.8 Å². The summed E-state index contributed by atoms with van der Waals surface area (Å²) in [6.07, 6.45) is 55.3. The lowest BCUT2D eigenvalue weighted by molar-refractivity contribution is 0.524. The van der Waals surface area contributed by atoms with E-state index in [0.717, 1.165) is 0 Å². The van der Waals surface area contributed by atoms with Crippen molar-refractivity contribution in [3.05, 3.63) is 140 Å². The molecule has 4 aromatic carbocycles. The first-order valence-electron chi connectivity index (χ1n) is 32.2. The normalized spacial score (nSPS) is 17.2. The summed E-state index contributed by atoms with van der Waals surface area (Å²) in [4.78, 5) is 0. The van der Waals surface area contributed by atoms with E-state index in [1.54, 1.807) is 66.8 Å². The van der Waals surface area contributed by atoms with Gasteiger partial charge >= 0.3 is 0 Å². The fourth-order valence-corrected chi connectivity index (χ4v) is 14.2. The summed E-state index contributed by atoms with van der Waals surface area (Å²) in [5, 5.41) is 0. The van der Waals surface area contributed by atoms with Gasteiger partial charge in [-0.25, -0.2) is 0 Å². The number of aryl methyl sites for hydroxylation is 4. The van der Waals surface area contributed by atoms with E-state index in [1.165, 1.54) is 257 Å². The van der Waals surface area contributed by atoms with Gasteiger partial charge in [0.05, 0.1) is 0 Å². The molecular weight excluding hydrogens is 865 g/mol. The first kappa shape index (κ1) is 56.6. The van der Waals surface area contributed by atoms with Gasteiger partial charge in [0.1, 0.15) is 0 Å². The van der Waals surface area contributed by atoms with Gasteiger partial charge < -0.3 is 0 Å². The molecule has 0 N–H and O–H groups in total. The number of hydrogen-bond donors (Lipinski definition) is 0. The average molecular weight is 974 g/mol. The molecule has 0 heterocycles. The molecule has 0 radical (unpaired) electrons. The third-order valence-electron chi connectivity index (χ3n) is 18.3. The van der Waals surface area contributed by atoms with Gasteiger partial charge in [0.2, 0.25) is 0 Å². The van der Waals surface area contributed by atoms with E-state index in [4.69, 9.17) is 0 Å². The summed E-state index contributed by atoms with van der Waals surface area (Å²) in [5.74, 6) is 1.39. The average Bonchev–Trinajstić information content (AvgIpc) is 3.39. The second kappa shape index (κ2) is 32.3. The van der Waals surface area contributed by atoms with Crippen molar-refractivity contribution in [2.24, 2.45) is 0 Å². The molecule has 0 unspecified atom stereocenters. The monoisotopic (exact) mass is 973 g/mol. The fourth-order valence-electron chi connectivity index (χ4n) is 14.2. The van der Waals surface area contributed by atoms with Crippen LogP contribution in [-0.4, -0.2) is 0 Å². The van der Waals surface area contributed by atoms with Crippen molar-refractivity contribution in [1.82, 2.24) is 0 Å². The second-order valence-corrected chi connectivity index (χ2v) is 24.0. The van der Waals surface area contributed by atoms with Crippen LogP contribution in [0.1, 0.15) is 349 Å². The van der Waals surface area contributed by atoms with Crippen molar-refractivity contribution in [1.29, 1.82) is 0 Å². The highest BCUT2D eigenvalue weighted by atomic mass is 14.5. The van der Waals surface area contributed by atoms with Crippen molar-refractivity contribution in [2.75, 3.05) is 0 Å². The van der Waals surface area contributed by atoms with E-state index in [-0.39, 0.29) is 0 Å². The Morgan fingerprint density at radius 2 is 0.375 bits per heavy atom. The molecule has 0 nitrogen and oxygen atoms in total. The Hall–Kier alpha value is -3.12. The quantitative estimate of drug-likeness (QED) is 0.0390. The molecule has 0 aromatic heterocycles. The van der Waals surface area contributed by atoms with E-state index in [2.05, 4.69) is 100 Å². The molecule has 0 heteroatoms. The van der Waals surface area contributed by atoms with Gasteiger partial charge in [0.15, 0.2) is 0 Å². The zero-order valence-corrected chi connectivity index (χ0v) is 47.5. The predicted octanol–water partition coefficient (Wildman–Crippen LogP) is 22.8. The maximum absolute atomic E-state index is 2.85. The van der Waals surface area contributed by atoms with Gasteiger partial charge in [-0.05, 0) is 118 Å². The van der Waals surface area contributed by atoms with E-state index in [9.17, 15) is 0 Å². The van der Waals surface area contributed by atoms with Gasteiger partial charge in [0.25, 0.3) is 0 Å². The molecule has 4 aromatic rings. The Balaban J connectivity index is 1.19. The van der Waals surface area contributed by atoms with Gasteiger partial charge in [-0.1, -0.05) is 306 Å². The van der Waals surface area contributed by atoms with Crippen LogP contribution in [0.3, 0.4) is 0 Å². The number of benzene rings is 4. The third kappa shape index (κ3) is 16.0. The molecule has 6 aliphatic carbocycles. The highest BCUT2D eigenvalue weighted by Gasteiger charge is 2.50. The van der Waals surface area contributed by atoms with Crippen LogP contribution in [-0.2, 0) is 25.7 Å². The first-order valence-corrected chi connectivity index (χ1v) is 32.2. The van der Waals surface area contributed by atoms with Crippen molar-refractivity contribution >= 4 is 0 Å². The Bertz CT molecular complexity index is 1820. The van der Waals surface area contributed by atoms with E-state index >= 15 is 0 Å². The van der Waals surface area contributed by atoms with Gasteiger partial charge in [-0.2, -0.15) is 0 Å². The summed E-state index contributed by atoms with van der Waals surface area (Å²) in [7, 11) is 0. The van der Waals surface area contributed by atoms with Gasteiger partial charge in [-0.3, -0.25) is 0 Å². The summed E-state index contributed by atoms with van der Waals surface area (Å²) in [5.41, 5.74) is 20.1. The lowest BCUT2D eigenvalue weighted by Crippen LogP contribution is -2.36. The van der Waals surface area contributed by atoms with Crippen molar-refractivity contribution < 1.29 is 0 Å². The zero-order valence-electron chi connectivity index (χ0n) is 47.5. The number of rotatable bonds is 40. The Labute approximate surface area is 445 Å². The van der Waals surface area contributed by atoms with Crippen LogP contribution in [0.4, 0.5) is 0 Å². The topological polar surface area (TPSA) is 0 Å². The third-order valence-corrected chi connectivity index (χ3v) is 18.3. The standard InChI is InChI=1S/C72H108/c1-5-9-13-17-21-25-29-33-37-45-57-53-65-66(54-58(57)46-38-34-30-26-22-18-14-10-6-2)70-62-50-42-41-49-61(62)69(65)71-63-51-43-44-52-64(63)72(70)68-56-60(48-40-36-32-28-24-20-16-12-8-4)59(55-67(68)71)47-39-35-31-27-23-19-15-11-7-3/h41-44,49-56,69-72H,5-40,45-48H2,1-4H3/t69-,70+,71-,72+. The van der Waals surface area contributed by atoms with Crippen LogP contribution < -0.4 is 0 Å². The van der Waals surface area contributed by atoms with Gasteiger partial charge in [0, 0.05) is 23.7 Å². The Morgan fingerprint density at radius 1 is 0.208 bits per heavy atom.